The smallest absolute Gasteiger partial charge is 0.338 e. The van der Waals surface area contributed by atoms with Crippen LogP contribution in [0.2, 0.25) is 0 Å². The van der Waals surface area contributed by atoms with Crippen LogP contribution in [0.1, 0.15) is 23.2 Å². The first-order valence-corrected chi connectivity index (χ1v) is 11.2. The van der Waals surface area contributed by atoms with Gasteiger partial charge in [-0.15, -0.1) is 0 Å². The van der Waals surface area contributed by atoms with Crippen molar-refractivity contribution < 1.29 is 59.1 Å². The van der Waals surface area contributed by atoms with Gasteiger partial charge in [-0.1, -0.05) is 0 Å². The molecule has 0 aromatic heterocycles. The van der Waals surface area contributed by atoms with Crippen LogP contribution in [0, 0.1) is 11.8 Å². The first kappa shape index (κ1) is 23.9. The number of aliphatic hydroxyl groups excluding tert-OH is 4. The van der Waals surface area contributed by atoms with Gasteiger partial charge in [-0.3, -0.25) is 0 Å². The summed E-state index contributed by atoms with van der Waals surface area (Å²) in [4.78, 5) is 12.7. The number of ether oxygens (including phenoxy) is 5. The molecule has 0 amide bonds. The molecule has 34 heavy (non-hydrogen) atoms. The molecule has 5 aliphatic rings. The van der Waals surface area contributed by atoms with Crippen LogP contribution >= 0.6 is 0 Å². The van der Waals surface area contributed by atoms with Crippen LogP contribution in [0.5, 0.6) is 5.75 Å². The Hall–Kier alpha value is -1.87. The summed E-state index contributed by atoms with van der Waals surface area (Å²) in [5, 5.41) is 60.6. The predicted octanol–water partition coefficient (Wildman–Crippen LogP) is -1.80. The largest absolute Gasteiger partial charge is 0.508 e. The summed E-state index contributed by atoms with van der Waals surface area (Å²) >= 11 is 0. The van der Waals surface area contributed by atoms with Crippen LogP contribution in [0.3, 0.4) is 0 Å². The molecule has 1 saturated carbocycles. The van der Waals surface area contributed by atoms with E-state index in [4.69, 9.17) is 23.7 Å². The van der Waals surface area contributed by atoms with Crippen molar-refractivity contribution in [3.05, 3.63) is 29.8 Å². The third kappa shape index (κ3) is 4.08. The van der Waals surface area contributed by atoms with Crippen molar-refractivity contribution in [2.75, 3.05) is 13.2 Å². The molecule has 1 aromatic carbocycles. The van der Waals surface area contributed by atoms with E-state index in [9.17, 15) is 35.4 Å². The highest BCUT2D eigenvalue weighted by Crippen LogP contribution is 2.53. The Bertz CT molecular complexity index is 892. The number of carbonyl (C=O) groups is 1. The number of carbonyl (C=O) groups excluding carboxylic acids is 1. The number of phenolic OH excluding ortho intramolecular Hbond substituents is 1. The predicted molar refractivity (Wildman–Crippen MR) is 108 cm³/mol. The highest BCUT2D eigenvalue weighted by Gasteiger charge is 2.64. The van der Waals surface area contributed by atoms with Gasteiger partial charge >= 0.3 is 5.97 Å². The third-order valence-electron chi connectivity index (χ3n) is 7.15. The molecule has 12 nitrogen and oxygen atoms in total. The lowest BCUT2D eigenvalue weighted by Crippen LogP contribution is -2.61. The molecule has 4 saturated heterocycles. The van der Waals surface area contributed by atoms with Crippen LogP contribution in [-0.4, -0.2) is 105 Å². The van der Waals surface area contributed by atoms with Crippen molar-refractivity contribution in [2.24, 2.45) is 11.8 Å². The fourth-order valence-electron chi connectivity index (χ4n) is 5.39. The molecule has 4 heterocycles. The molecule has 188 valence electrons. The van der Waals surface area contributed by atoms with Crippen LogP contribution in [0.25, 0.3) is 0 Å². The van der Waals surface area contributed by atoms with Gasteiger partial charge in [0.15, 0.2) is 18.9 Å². The standard InChI is InChI=1S/C22H28O12/c23-7-13-16(25)17(26)18(27)21(32-13)34-20-15-11-5-14(33-20)30-8-22(15,29)6-12(11)31-19(28)9-1-3-10(24)4-2-9/h1-4,11-18,20-21,23-27,29H,5-8H2/t11-,12+,13?,14?,15+,16-,17?,18-,20-,21-,22+/m0/s1. The molecule has 12 heteroatoms. The minimum atomic E-state index is -1.64. The number of hydrogen-bond donors (Lipinski definition) is 6. The summed E-state index contributed by atoms with van der Waals surface area (Å²) in [7, 11) is 0. The zero-order valence-electron chi connectivity index (χ0n) is 18.0. The van der Waals surface area contributed by atoms with Crippen molar-refractivity contribution in [1.29, 1.82) is 0 Å². The number of phenols is 1. The monoisotopic (exact) mass is 484 g/mol. The number of benzene rings is 1. The Labute approximate surface area is 194 Å². The maximum absolute atomic E-state index is 12.7. The zero-order valence-corrected chi connectivity index (χ0v) is 18.0. The minimum absolute atomic E-state index is 0.0128. The van der Waals surface area contributed by atoms with Crippen LogP contribution in [0.15, 0.2) is 24.3 Å². The Balaban J connectivity index is 1.34. The molecule has 5 fully saturated rings. The summed E-state index contributed by atoms with van der Waals surface area (Å²) in [5.41, 5.74) is -1.22. The highest BCUT2D eigenvalue weighted by molar-refractivity contribution is 5.89. The van der Waals surface area contributed by atoms with Gasteiger partial charge in [-0.2, -0.15) is 0 Å². The lowest BCUT2D eigenvalue weighted by atomic mass is 9.83. The number of aromatic hydroxyl groups is 1. The van der Waals surface area contributed by atoms with Crippen molar-refractivity contribution in [3.63, 3.8) is 0 Å². The molecule has 11 atom stereocenters. The molecule has 0 spiro atoms. The second-order valence-corrected chi connectivity index (χ2v) is 9.30. The highest BCUT2D eigenvalue weighted by atomic mass is 16.8. The zero-order chi connectivity index (χ0) is 24.2. The van der Waals surface area contributed by atoms with Crippen LogP contribution in [-0.2, 0) is 23.7 Å². The number of hydrogen-bond acceptors (Lipinski definition) is 12. The van der Waals surface area contributed by atoms with E-state index in [-0.39, 0.29) is 24.3 Å². The van der Waals surface area contributed by atoms with E-state index in [0.717, 1.165) is 0 Å². The third-order valence-corrected chi connectivity index (χ3v) is 7.15. The van der Waals surface area contributed by atoms with E-state index < -0.39 is 79.4 Å². The quantitative estimate of drug-likeness (QED) is 0.258. The van der Waals surface area contributed by atoms with E-state index in [2.05, 4.69) is 0 Å². The SMILES string of the molecule is O=C(O[C@@H]1C[C@@]2(O)COC3C[C@@H]1[C@@H]2[C@H](O[C@@H]1OC(CO)[C@H](O)C(O)[C@@H]1O)O3)c1ccc(O)cc1. The molecule has 4 aliphatic heterocycles. The maximum Gasteiger partial charge on any atom is 0.338 e. The normalized spacial score (nSPS) is 45.7. The average Bonchev–Trinajstić information content (AvgIpc) is 2.92. The Morgan fingerprint density at radius 1 is 1.06 bits per heavy atom. The first-order chi connectivity index (χ1) is 16.2. The Morgan fingerprint density at radius 2 is 1.79 bits per heavy atom. The average molecular weight is 484 g/mol. The van der Waals surface area contributed by atoms with Crippen molar-refractivity contribution in [2.45, 2.75) is 67.8 Å². The van der Waals surface area contributed by atoms with Crippen molar-refractivity contribution >= 4 is 5.97 Å². The molecule has 3 unspecified atom stereocenters. The molecule has 4 bridgehead atoms. The topological polar surface area (TPSA) is 185 Å². The Morgan fingerprint density at radius 3 is 2.50 bits per heavy atom. The second-order valence-electron chi connectivity index (χ2n) is 9.30. The van der Waals surface area contributed by atoms with Gasteiger partial charge in [0, 0.05) is 24.7 Å². The summed E-state index contributed by atoms with van der Waals surface area (Å²) in [6.07, 6.45) is -9.64. The molecular weight excluding hydrogens is 456 g/mol. The molecule has 1 aromatic rings. The number of rotatable bonds is 5. The van der Waals surface area contributed by atoms with E-state index in [1.165, 1.54) is 24.3 Å². The number of aliphatic hydroxyl groups is 5. The summed E-state index contributed by atoms with van der Waals surface area (Å²) in [6, 6.07) is 5.61. The van der Waals surface area contributed by atoms with E-state index in [1.807, 2.05) is 0 Å². The van der Waals surface area contributed by atoms with Gasteiger partial charge in [-0.05, 0) is 24.3 Å². The number of esters is 1. The van der Waals surface area contributed by atoms with Gasteiger partial charge in [0.2, 0.25) is 0 Å². The second kappa shape index (κ2) is 8.97. The summed E-state index contributed by atoms with van der Waals surface area (Å²) < 4.78 is 28.4. The van der Waals surface area contributed by atoms with E-state index in [0.29, 0.717) is 6.42 Å². The maximum atomic E-state index is 12.7. The van der Waals surface area contributed by atoms with Crippen LogP contribution in [0.4, 0.5) is 0 Å². The van der Waals surface area contributed by atoms with E-state index >= 15 is 0 Å². The first-order valence-electron chi connectivity index (χ1n) is 11.2. The van der Waals surface area contributed by atoms with Crippen molar-refractivity contribution in [3.8, 4) is 5.75 Å². The van der Waals surface area contributed by atoms with Gasteiger partial charge in [0.05, 0.1) is 24.4 Å². The minimum Gasteiger partial charge on any atom is -0.508 e. The Kier molecular flexibility index (Phi) is 6.29. The summed E-state index contributed by atoms with van der Waals surface area (Å²) in [6.45, 7) is -0.700. The number of fused-ring (bicyclic) bond motifs is 2. The summed E-state index contributed by atoms with van der Waals surface area (Å²) in [5.74, 6) is -1.71. The lowest BCUT2D eigenvalue weighted by Gasteiger charge is -2.44. The van der Waals surface area contributed by atoms with Gasteiger partial charge in [0.25, 0.3) is 0 Å². The van der Waals surface area contributed by atoms with E-state index in [1.54, 1.807) is 0 Å². The van der Waals surface area contributed by atoms with Gasteiger partial charge in [0.1, 0.15) is 36.3 Å². The fraction of sp³-hybridized carbons (Fsp3) is 0.682. The molecule has 1 aliphatic carbocycles. The molecular formula is C22H28O12. The van der Waals surface area contributed by atoms with Gasteiger partial charge in [-0.25, -0.2) is 4.79 Å². The molecule has 6 rings (SSSR count). The van der Waals surface area contributed by atoms with Crippen molar-refractivity contribution in [1.82, 2.24) is 0 Å². The fourth-order valence-corrected chi connectivity index (χ4v) is 5.39. The molecule has 0 radical (unpaired) electrons. The van der Waals surface area contributed by atoms with Gasteiger partial charge < -0.3 is 54.3 Å². The molecule has 6 N–H and O–H groups in total. The van der Waals surface area contributed by atoms with Crippen LogP contribution < -0.4 is 0 Å². The lowest BCUT2D eigenvalue weighted by molar-refractivity contribution is -0.370.